The number of aryl methyl sites for hydroxylation is 1. The van der Waals surface area contributed by atoms with Crippen molar-refractivity contribution >= 4 is 5.69 Å². The minimum Gasteiger partial charge on any atom is -0.396 e. The molecule has 0 atom stereocenters. The predicted molar refractivity (Wildman–Crippen MR) is 53.0 cm³/mol. The number of nitrogens with two attached hydrogens (primary N) is 1. The summed E-state index contributed by atoms with van der Waals surface area (Å²) in [5.74, 6) is -1.29. The molecule has 0 aliphatic heterocycles. The standard InChI is InChI=1S/C10H9F2N3/c1-15-5-9(13)10(14-15)6-2-7(11)4-8(12)3-6/h2-5H,13H2,1H3. The average Bonchev–Trinajstić information content (AvgIpc) is 2.43. The summed E-state index contributed by atoms with van der Waals surface area (Å²) >= 11 is 0. The lowest BCUT2D eigenvalue weighted by molar-refractivity contribution is 0.584. The highest BCUT2D eigenvalue weighted by Crippen LogP contribution is 2.25. The molecule has 3 nitrogen and oxygen atoms in total. The van der Waals surface area contributed by atoms with Crippen molar-refractivity contribution in [2.75, 3.05) is 5.73 Å². The summed E-state index contributed by atoms with van der Waals surface area (Å²) in [7, 11) is 1.69. The van der Waals surface area contributed by atoms with E-state index in [9.17, 15) is 8.78 Å². The highest BCUT2D eigenvalue weighted by atomic mass is 19.1. The van der Waals surface area contributed by atoms with Crippen LogP contribution in [0.25, 0.3) is 11.3 Å². The molecule has 0 saturated heterocycles. The Balaban J connectivity index is 2.58. The molecule has 0 bridgehead atoms. The maximum absolute atomic E-state index is 12.9. The number of benzene rings is 1. The van der Waals surface area contributed by atoms with E-state index >= 15 is 0 Å². The van der Waals surface area contributed by atoms with Crippen LogP contribution in [0.4, 0.5) is 14.5 Å². The van der Waals surface area contributed by atoms with Crippen molar-refractivity contribution in [3.63, 3.8) is 0 Å². The molecular weight excluding hydrogens is 200 g/mol. The first-order valence-electron chi connectivity index (χ1n) is 4.32. The Morgan fingerprint density at radius 3 is 2.27 bits per heavy atom. The molecule has 0 unspecified atom stereocenters. The van der Waals surface area contributed by atoms with Crippen LogP contribution in [-0.2, 0) is 7.05 Å². The predicted octanol–water partition coefficient (Wildman–Crippen LogP) is 1.95. The van der Waals surface area contributed by atoms with Gasteiger partial charge in [-0.05, 0) is 12.1 Å². The third-order valence-corrected chi connectivity index (χ3v) is 1.99. The smallest absolute Gasteiger partial charge is 0.126 e. The Kier molecular flexibility index (Phi) is 2.15. The van der Waals surface area contributed by atoms with Crippen LogP contribution in [-0.4, -0.2) is 9.78 Å². The van der Waals surface area contributed by atoms with E-state index in [0.717, 1.165) is 6.07 Å². The zero-order valence-corrected chi connectivity index (χ0v) is 8.04. The summed E-state index contributed by atoms with van der Waals surface area (Å²) in [6.07, 6.45) is 1.58. The minimum absolute atomic E-state index is 0.339. The molecule has 1 aromatic carbocycles. The summed E-state index contributed by atoms with van der Waals surface area (Å²) in [5.41, 5.74) is 6.76. The zero-order valence-electron chi connectivity index (χ0n) is 8.04. The third-order valence-electron chi connectivity index (χ3n) is 1.99. The van der Waals surface area contributed by atoms with Crippen LogP contribution in [0.1, 0.15) is 0 Å². The molecule has 0 aliphatic rings. The number of rotatable bonds is 1. The van der Waals surface area contributed by atoms with Crippen molar-refractivity contribution in [2.24, 2.45) is 7.05 Å². The van der Waals surface area contributed by atoms with Gasteiger partial charge in [0.25, 0.3) is 0 Å². The molecule has 0 radical (unpaired) electrons. The van der Waals surface area contributed by atoms with Crippen LogP contribution in [0.2, 0.25) is 0 Å². The van der Waals surface area contributed by atoms with E-state index in [1.54, 1.807) is 13.2 Å². The molecule has 2 N–H and O–H groups in total. The lowest BCUT2D eigenvalue weighted by Gasteiger charge is -1.99. The maximum Gasteiger partial charge on any atom is 0.126 e. The number of anilines is 1. The fourth-order valence-corrected chi connectivity index (χ4v) is 1.42. The maximum atomic E-state index is 12.9. The monoisotopic (exact) mass is 209 g/mol. The van der Waals surface area contributed by atoms with Gasteiger partial charge >= 0.3 is 0 Å². The first-order chi connectivity index (χ1) is 7.06. The summed E-state index contributed by atoms with van der Waals surface area (Å²) < 4.78 is 27.4. The van der Waals surface area contributed by atoms with Crippen LogP contribution in [0.5, 0.6) is 0 Å². The Labute approximate surface area is 85.1 Å². The van der Waals surface area contributed by atoms with Gasteiger partial charge < -0.3 is 5.73 Å². The van der Waals surface area contributed by atoms with Crippen LogP contribution >= 0.6 is 0 Å². The normalized spacial score (nSPS) is 10.6. The minimum atomic E-state index is -0.643. The van der Waals surface area contributed by atoms with E-state index in [4.69, 9.17) is 5.73 Å². The summed E-state index contributed by atoms with van der Waals surface area (Å²) in [4.78, 5) is 0. The van der Waals surface area contributed by atoms with Crippen molar-refractivity contribution in [2.45, 2.75) is 0 Å². The molecule has 1 aromatic heterocycles. The second kappa shape index (κ2) is 3.34. The largest absolute Gasteiger partial charge is 0.396 e. The fourth-order valence-electron chi connectivity index (χ4n) is 1.42. The molecule has 0 amide bonds. The molecule has 15 heavy (non-hydrogen) atoms. The van der Waals surface area contributed by atoms with Crippen molar-refractivity contribution in [1.29, 1.82) is 0 Å². The lowest BCUT2D eigenvalue weighted by atomic mass is 10.1. The first-order valence-corrected chi connectivity index (χ1v) is 4.32. The van der Waals surface area contributed by atoms with E-state index < -0.39 is 11.6 Å². The number of hydrogen-bond donors (Lipinski definition) is 1. The molecule has 0 spiro atoms. The molecule has 0 fully saturated rings. The number of aromatic nitrogens is 2. The van der Waals surface area contributed by atoms with Gasteiger partial charge in [-0.1, -0.05) is 0 Å². The second-order valence-corrected chi connectivity index (χ2v) is 3.26. The Morgan fingerprint density at radius 1 is 1.20 bits per heavy atom. The molecule has 2 aromatic rings. The van der Waals surface area contributed by atoms with Gasteiger partial charge in [-0.2, -0.15) is 5.10 Å². The molecule has 0 saturated carbocycles. The number of nitrogen functional groups attached to an aromatic ring is 1. The number of halogens is 2. The SMILES string of the molecule is Cn1cc(N)c(-c2cc(F)cc(F)c2)n1. The van der Waals surface area contributed by atoms with E-state index in [1.807, 2.05) is 0 Å². The van der Waals surface area contributed by atoms with E-state index in [-0.39, 0.29) is 0 Å². The van der Waals surface area contributed by atoms with Gasteiger partial charge in [-0.3, -0.25) is 4.68 Å². The quantitative estimate of drug-likeness (QED) is 0.780. The van der Waals surface area contributed by atoms with Crippen molar-refractivity contribution in [3.8, 4) is 11.3 Å². The van der Waals surface area contributed by atoms with Crippen molar-refractivity contribution < 1.29 is 8.78 Å². The zero-order chi connectivity index (χ0) is 11.0. The van der Waals surface area contributed by atoms with E-state index in [1.165, 1.54) is 16.8 Å². The van der Waals surface area contributed by atoms with Crippen LogP contribution in [0, 0.1) is 11.6 Å². The van der Waals surface area contributed by atoms with E-state index in [2.05, 4.69) is 5.10 Å². The molecular formula is C10H9F2N3. The number of nitrogens with zero attached hydrogens (tertiary/aromatic N) is 2. The molecule has 1 heterocycles. The third kappa shape index (κ3) is 1.81. The van der Waals surface area contributed by atoms with Gasteiger partial charge in [0.2, 0.25) is 0 Å². The summed E-state index contributed by atoms with van der Waals surface area (Å²) in [5, 5.41) is 4.02. The van der Waals surface area contributed by atoms with Crippen molar-refractivity contribution in [1.82, 2.24) is 9.78 Å². The van der Waals surface area contributed by atoms with E-state index in [0.29, 0.717) is 16.9 Å². The number of hydrogen-bond acceptors (Lipinski definition) is 2. The molecule has 5 heteroatoms. The van der Waals surface area contributed by atoms with Gasteiger partial charge in [0.1, 0.15) is 17.3 Å². The van der Waals surface area contributed by atoms with Crippen LogP contribution < -0.4 is 5.73 Å². The highest BCUT2D eigenvalue weighted by molar-refractivity contribution is 5.71. The van der Waals surface area contributed by atoms with Gasteiger partial charge in [0.05, 0.1) is 5.69 Å². The fraction of sp³-hybridized carbons (Fsp3) is 0.100. The van der Waals surface area contributed by atoms with Gasteiger partial charge in [-0.15, -0.1) is 0 Å². The Bertz CT molecular complexity index is 485. The summed E-state index contributed by atoms with van der Waals surface area (Å²) in [6.45, 7) is 0. The lowest BCUT2D eigenvalue weighted by Crippen LogP contribution is -1.90. The Hall–Kier alpha value is -1.91. The van der Waals surface area contributed by atoms with Gasteiger partial charge in [-0.25, -0.2) is 8.78 Å². The topological polar surface area (TPSA) is 43.8 Å². The molecule has 0 aliphatic carbocycles. The second-order valence-electron chi connectivity index (χ2n) is 3.26. The highest BCUT2D eigenvalue weighted by Gasteiger charge is 2.09. The van der Waals surface area contributed by atoms with Crippen LogP contribution in [0.15, 0.2) is 24.4 Å². The first kappa shape index (κ1) is 9.64. The van der Waals surface area contributed by atoms with Crippen molar-refractivity contribution in [3.05, 3.63) is 36.0 Å². The molecule has 78 valence electrons. The average molecular weight is 209 g/mol. The summed E-state index contributed by atoms with van der Waals surface area (Å²) in [6, 6.07) is 3.20. The Morgan fingerprint density at radius 2 is 1.80 bits per heavy atom. The van der Waals surface area contributed by atoms with Gasteiger partial charge in [0, 0.05) is 24.9 Å². The molecule has 2 rings (SSSR count). The van der Waals surface area contributed by atoms with Crippen LogP contribution in [0.3, 0.4) is 0 Å². The van der Waals surface area contributed by atoms with Gasteiger partial charge in [0.15, 0.2) is 0 Å².